The maximum absolute atomic E-state index is 13.7. The van der Waals surface area contributed by atoms with Crippen molar-refractivity contribution >= 4 is 16.0 Å². The molecule has 1 saturated heterocycles. The lowest BCUT2D eigenvalue weighted by Crippen LogP contribution is -2.43. The number of hydrogen-bond donors (Lipinski definition) is 1. The summed E-state index contributed by atoms with van der Waals surface area (Å²) in [7, 11) is -3.98. The Morgan fingerprint density at radius 3 is 2.51 bits per heavy atom. The summed E-state index contributed by atoms with van der Waals surface area (Å²) in [5.41, 5.74) is 0.173. The van der Waals surface area contributed by atoms with Crippen LogP contribution in [-0.4, -0.2) is 62.0 Å². The third-order valence-corrected chi connectivity index (χ3v) is 9.58. The first kappa shape index (κ1) is 31.7. The van der Waals surface area contributed by atoms with Crippen LogP contribution >= 0.6 is 0 Å². The molecule has 1 aliphatic heterocycles. The van der Waals surface area contributed by atoms with E-state index < -0.39 is 33.6 Å². The van der Waals surface area contributed by atoms with E-state index in [2.05, 4.69) is 12.2 Å². The smallest absolute Gasteiger partial charge is 0.324 e. The fraction of sp³-hybridized carbons (Fsp3) is 0.759. The van der Waals surface area contributed by atoms with Crippen LogP contribution in [0, 0.1) is 12.8 Å². The Hall–Kier alpha value is -1.78. The molecule has 0 amide bonds. The van der Waals surface area contributed by atoms with Crippen molar-refractivity contribution < 1.29 is 31.5 Å². The van der Waals surface area contributed by atoms with Crippen LogP contribution in [0.1, 0.15) is 91.0 Å². The van der Waals surface area contributed by atoms with Crippen molar-refractivity contribution in [1.82, 2.24) is 9.62 Å². The van der Waals surface area contributed by atoms with Gasteiger partial charge in [0, 0.05) is 25.4 Å². The lowest BCUT2D eigenvalue weighted by molar-refractivity contribution is -0.158. The molecule has 0 radical (unpaired) electrons. The Morgan fingerprint density at radius 1 is 1.18 bits per heavy atom. The number of esters is 1. The van der Waals surface area contributed by atoms with Crippen molar-refractivity contribution in [3.63, 3.8) is 0 Å². The highest BCUT2D eigenvalue weighted by atomic mass is 32.2. The van der Waals surface area contributed by atoms with Gasteiger partial charge in [0.1, 0.15) is 22.3 Å². The average molecular weight is 573 g/mol. The van der Waals surface area contributed by atoms with Gasteiger partial charge in [-0.05, 0) is 96.4 Å². The van der Waals surface area contributed by atoms with E-state index >= 15 is 0 Å². The van der Waals surface area contributed by atoms with Gasteiger partial charge in [0.2, 0.25) is 15.9 Å². The Kier molecular flexibility index (Phi) is 10.8. The number of halogens is 2. The SMILES string of the molecule is CC[C@H](CCNC1CCC(F)(F)CC1)CCOc1cc(C)ccc1S(=O)(=O)N1CCC[C@H]1C(=O)OC(C)(C)C. The highest BCUT2D eigenvalue weighted by Gasteiger charge is 2.42. The highest BCUT2D eigenvalue weighted by molar-refractivity contribution is 7.89. The summed E-state index contributed by atoms with van der Waals surface area (Å²) in [6.07, 6.45) is 4.51. The number of sulfonamides is 1. The van der Waals surface area contributed by atoms with E-state index in [4.69, 9.17) is 9.47 Å². The molecular formula is C29H46F2N2O5S. The standard InChI is InChI=1S/C29H46F2N2O5S/c1-6-22(13-17-32-23-11-15-29(30,31)16-12-23)14-19-37-25-20-21(2)9-10-26(25)39(35,36)33-18-7-8-24(33)27(34)38-28(3,4)5/h9-10,20,22-24,32H,6-8,11-19H2,1-5H3/t22-,24+/m1/s1. The van der Waals surface area contributed by atoms with Gasteiger partial charge in [-0.25, -0.2) is 17.2 Å². The first-order chi connectivity index (χ1) is 18.2. The summed E-state index contributed by atoms with van der Waals surface area (Å²) in [5.74, 6) is -2.39. The van der Waals surface area contributed by atoms with Crippen molar-refractivity contribution in [2.24, 2.45) is 5.92 Å². The first-order valence-electron chi connectivity index (χ1n) is 14.3. The van der Waals surface area contributed by atoms with Gasteiger partial charge in [-0.15, -0.1) is 0 Å². The molecule has 222 valence electrons. The van der Waals surface area contributed by atoms with E-state index in [0.717, 1.165) is 31.4 Å². The molecule has 7 nitrogen and oxygen atoms in total. The number of carbonyl (C=O) groups excluding carboxylic acids is 1. The summed E-state index contributed by atoms with van der Waals surface area (Å²) in [4.78, 5) is 12.8. The summed E-state index contributed by atoms with van der Waals surface area (Å²) in [5, 5.41) is 3.43. The fourth-order valence-electron chi connectivity index (χ4n) is 5.32. The van der Waals surface area contributed by atoms with Gasteiger partial charge in [-0.3, -0.25) is 4.79 Å². The van der Waals surface area contributed by atoms with Crippen molar-refractivity contribution in [2.75, 3.05) is 19.7 Å². The molecule has 3 rings (SSSR count). The van der Waals surface area contributed by atoms with E-state index in [-0.39, 0.29) is 30.3 Å². The molecule has 2 fully saturated rings. The molecule has 0 aromatic heterocycles. The second kappa shape index (κ2) is 13.3. The number of hydrogen-bond acceptors (Lipinski definition) is 6. The number of rotatable bonds is 12. The Morgan fingerprint density at radius 2 is 1.87 bits per heavy atom. The monoisotopic (exact) mass is 572 g/mol. The first-order valence-corrected chi connectivity index (χ1v) is 15.8. The van der Waals surface area contributed by atoms with Gasteiger partial charge in [0.25, 0.3) is 0 Å². The molecule has 0 spiro atoms. The predicted octanol–water partition coefficient (Wildman–Crippen LogP) is 5.84. The topological polar surface area (TPSA) is 84.9 Å². The van der Waals surface area contributed by atoms with Crippen molar-refractivity contribution in [2.45, 2.75) is 121 Å². The molecule has 1 aromatic rings. The maximum atomic E-state index is 13.7. The van der Waals surface area contributed by atoms with Crippen LogP contribution in [0.2, 0.25) is 0 Å². The number of nitrogens with one attached hydrogen (secondary N) is 1. The number of nitrogens with zero attached hydrogens (tertiary/aromatic N) is 1. The van der Waals surface area contributed by atoms with Gasteiger partial charge in [0.15, 0.2) is 0 Å². The molecule has 1 saturated carbocycles. The average Bonchev–Trinajstić information content (AvgIpc) is 3.34. The van der Waals surface area contributed by atoms with E-state index in [0.29, 0.717) is 44.0 Å². The van der Waals surface area contributed by atoms with Crippen molar-refractivity contribution in [3.8, 4) is 5.75 Å². The Labute approximate surface area is 233 Å². The lowest BCUT2D eigenvalue weighted by atomic mass is 9.92. The molecule has 1 aromatic carbocycles. The summed E-state index contributed by atoms with van der Waals surface area (Å²) in [6, 6.07) is 4.32. The van der Waals surface area contributed by atoms with E-state index in [1.54, 1.807) is 39.0 Å². The number of ether oxygens (including phenoxy) is 2. The largest absolute Gasteiger partial charge is 0.492 e. The Bertz CT molecular complexity index is 1060. The summed E-state index contributed by atoms with van der Waals surface area (Å²) >= 11 is 0. The minimum Gasteiger partial charge on any atom is -0.492 e. The van der Waals surface area contributed by atoms with Crippen LogP contribution in [0.15, 0.2) is 23.1 Å². The van der Waals surface area contributed by atoms with Gasteiger partial charge >= 0.3 is 5.97 Å². The summed E-state index contributed by atoms with van der Waals surface area (Å²) < 4.78 is 67.0. The molecule has 2 aliphatic rings. The number of carbonyl (C=O) groups is 1. The zero-order chi connectivity index (χ0) is 28.8. The van der Waals surface area contributed by atoms with Crippen LogP contribution in [0.5, 0.6) is 5.75 Å². The molecule has 1 N–H and O–H groups in total. The highest BCUT2D eigenvalue weighted by Crippen LogP contribution is 2.34. The number of aryl methyl sites for hydroxylation is 1. The third kappa shape index (κ3) is 9.11. The van der Waals surface area contributed by atoms with Crippen LogP contribution in [0.3, 0.4) is 0 Å². The van der Waals surface area contributed by atoms with Gasteiger partial charge in [-0.2, -0.15) is 4.31 Å². The van der Waals surface area contributed by atoms with Crippen LogP contribution in [0.25, 0.3) is 0 Å². The fourth-order valence-corrected chi connectivity index (χ4v) is 7.09. The molecule has 0 unspecified atom stereocenters. The number of benzene rings is 1. The summed E-state index contributed by atoms with van der Waals surface area (Å²) in [6.45, 7) is 10.7. The van der Waals surface area contributed by atoms with E-state index in [9.17, 15) is 22.0 Å². The van der Waals surface area contributed by atoms with E-state index in [1.807, 2.05) is 6.92 Å². The molecule has 10 heteroatoms. The molecule has 1 aliphatic carbocycles. The van der Waals surface area contributed by atoms with Gasteiger partial charge in [0.05, 0.1) is 6.61 Å². The van der Waals surface area contributed by atoms with Crippen molar-refractivity contribution in [3.05, 3.63) is 23.8 Å². The van der Waals surface area contributed by atoms with Gasteiger partial charge < -0.3 is 14.8 Å². The normalized spacial score (nSPS) is 21.6. The lowest BCUT2D eigenvalue weighted by Gasteiger charge is -2.29. The van der Waals surface area contributed by atoms with E-state index in [1.165, 1.54) is 4.31 Å². The molecule has 2 atom stereocenters. The van der Waals surface area contributed by atoms with Crippen LogP contribution < -0.4 is 10.1 Å². The minimum atomic E-state index is -3.98. The second-order valence-corrected chi connectivity index (χ2v) is 13.9. The molecule has 1 heterocycles. The van der Waals surface area contributed by atoms with Crippen LogP contribution in [-0.2, 0) is 19.6 Å². The van der Waals surface area contributed by atoms with Crippen molar-refractivity contribution in [1.29, 1.82) is 0 Å². The molecular weight excluding hydrogens is 526 g/mol. The predicted molar refractivity (Wildman–Crippen MR) is 148 cm³/mol. The zero-order valence-corrected chi connectivity index (χ0v) is 24.9. The maximum Gasteiger partial charge on any atom is 0.324 e. The number of alkyl halides is 2. The quantitative estimate of drug-likeness (QED) is 0.317. The van der Waals surface area contributed by atoms with Crippen LogP contribution in [0.4, 0.5) is 8.78 Å². The minimum absolute atomic E-state index is 0.0482. The Balaban J connectivity index is 1.59. The molecule has 39 heavy (non-hydrogen) atoms. The molecule has 0 bridgehead atoms. The van der Waals surface area contributed by atoms with Gasteiger partial charge in [-0.1, -0.05) is 19.4 Å². The second-order valence-electron chi connectivity index (χ2n) is 12.0. The zero-order valence-electron chi connectivity index (χ0n) is 24.1. The third-order valence-electron chi connectivity index (χ3n) is 7.63.